The normalized spacial score (nSPS) is 17.5. The number of alkyl halides is 2. The summed E-state index contributed by atoms with van der Waals surface area (Å²) in [5, 5.41) is 9.15. The number of ether oxygens (including phenoxy) is 2. The number of hydrogen-bond donors (Lipinski definition) is 1. The quantitative estimate of drug-likeness (QED) is 0.676. The van der Waals surface area contributed by atoms with Gasteiger partial charge in [-0.15, -0.1) is 8.78 Å². The Kier molecular flexibility index (Phi) is 1.40. The Balaban J connectivity index is 2.56. The zero-order valence-corrected chi connectivity index (χ0v) is 6.67. The summed E-state index contributed by atoms with van der Waals surface area (Å²) in [6, 6.07) is 2.75. The Bertz CT molecular complexity index is 330. The van der Waals surface area contributed by atoms with E-state index in [1.54, 1.807) is 6.92 Å². The molecule has 0 amide bonds. The van der Waals surface area contributed by atoms with Gasteiger partial charge in [-0.3, -0.25) is 0 Å². The number of phenols is 1. The summed E-state index contributed by atoms with van der Waals surface area (Å²) in [5.41, 5.74) is 0.491. The molecule has 0 aliphatic carbocycles. The number of benzene rings is 1. The lowest BCUT2D eigenvalue weighted by molar-refractivity contribution is -0.287. The van der Waals surface area contributed by atoms with Crippen molar-refractivity contribution in [3.05, 3.63) is 17.7 Å². The summed E-state index contributed by atoms with van der Waals surface area (Å²) in [4.78, 5) is 0. The van der Waals surface area contributed by atoms with E-state index in [9.17, 15) is 8.78 Å². The lowest BCUT2D eigenvalue weighted by Gasteiger charge is -2.04. The molecule has 1 aromatic rings. The highest BCUT2D eigenvalue weighted by atomic mass is 19.3. The van der Waals surface area contributed by atoms with Crippen LogP contribution < -0.4 is 9.47 Å². The van der Waals surface area contributed by atoms with Gasteiger partial charge in [-0.2, -0.15) is 0 Å². The monoisotopic (exact) mass is 188 g/mol. The number of aromatic hydroxyl groups is 1. The minimum atomic E-state index is -3.67. The second kappa shape index (κ2) is 2.25. The number of rotatable bonds is 0. The van der Waals surface area contributed by atoms with Crippen LogP contribution in [0.2, 0.25) is 0 Å². The highest BCUT2D eigenvalue weighted by Gasteiger charge is 2.45. The van der Waals surface area contributed by atoms with Crippen molar-refractivity contribution in [3.63, 3.8) is 0 Å². The summed E-state index contributed by atoms with van der Waals surface area (Å²) in [6.07, 6.45) is -3.67. The number of hydrogen-bond acceptors (Lipinski definition) is 3. The van der Waals surface area contributed by atoms with Crippen LogP contribution in [-0.2, 0) is 0 Å². The summed E-state index contributed by atoms with van der Waals surface area (Å²) in [5.74, 6) is -0.757. The molecule has 0 bridgehead atoms. The fourth-order valence-corrected chi connectivity index (χ4v) is 1.13. The molecule has 70 valence electrons. The van der Waals surface area contributed by atoms with Gasteiger partial charge in [0.15, 0.2) is 11.5 Å². The van der Waals surface area contributed by atoms with Crippen molar-refractivity contribution in [2.24, 2.45) is 0 Å². The van der Waals surface area contributed by atoms with Gasteiger partial charge >= 0.3 is 6.29 Å². The van der Waals surface area contributed by atoms with Gasteiger partial charge in [0.2, 0.25) is 5.75 Å². The van der Waals surface area contributed by atoms with E-state index in [0.29, 0.717) is 5.56 Å². The van der Waals surface area contributed by atoms with E-state index in [1.165, 1.54) is 12.1 Å². The average molecular weight is 188 g/mol. The van der Waals surface area contributed by atoms with Crippen LogP contribution in [0.5, 0.6) is 17.2 Å². The fraction of sp³-hybridized carbons (Fsp3) is 0.250. The predicted octanol–water partition coefficient (Wildman–Crippen LogP) is 2.02. The molecule has 0 spiro atoms. The van der Waals surface area contributed by atoms with Crippen LogP contribution >= 0.6 is 0 Å². The number of fused-ring (bicyclic) bond motifs is 1. The van der Waals surface area contributed by atoms with E-state index in [2.05, 4.69) is 9.47 Å². The maximum atomic E-state index is 12.5. The Morgan fingerprint density at radius 1 is 1.23 bits per heavy atom. The van der Waals surface area contributed by atoms with Crippen LogP contribution in [0.15, 0.2) is 12.1 Å². The second-order valence-corrected chi connectivity index (χ2v) is 2.73. The lowest BCUT2D eigenvalue weighted by atomic mass is 10.2. The van der Waals surface area contributed by atoms with Crippen LogP contribution in [0.4, 0.5) is 8.78 Å². The van der Waals surface area contributed by atoms with Crippen molar-refractivity contribution in [3.8, 4) is 17.2 Å². The SMILES string of the molecule is Cc1ccc(O)c2c1OC(F)(F)O2. The Hall–Kier alpha value is -1.52. The van der Waals surface area contributed by atoms with Gasteiger partial charge in [-0.1, -0.05) is 6.07 Å². The number of aryl methyl sites for hydroxylation is 1. The molecule has 0 radical (unpaired) electrons. The largest absolute Gasteiger partial charge is 0.586 e. The Labute approximate surface area is 72.5 Å². The number of phenolic OH excluding ortho intramolecular Hbond substituents is 1. The van der Waals surface area contributed by atoms with Crippen LogP contribution in [0.3, 0.4) is 0 Å². The van der Waals surface area contributed by atoms with Crippen molar-refractivity contribution in [1.82, 2.24) is 0 Å². The maximum Gasteiger partial charge on any atom is 0.586 e. The summed E-state index contributed by atoms with van der Waals surface area (Å²) in [7, 11) is 0. The van der Waals surface area contributed by atoms with Crippen molar-refractivity contribution >= 4 is 0 Å². The van der Waals surface area contributed by atoms with Crippen LogP contribution in [0.1, 0.15) is 5.56 Å². The van der Waals surface area contributed by atoms with Gasteiger partial charge in [-0.05, 0) is 18.6 Å². The average Bonchev–Trinajstić information content (AvgIpc) is 2.35. The van der Waals surface area contributed by atoms with E-state index in [0.717, 1.165) is 0 Å². The molecular weight excluding hydrogens is 182 g/mol. The molecule has 1 N–H and O–H groups in total. The molecule has 5 heteroatoms. The second-order valence-electron chi connectivity index (χ2n) is 2.73. The first-order valence-electron chi connectivity index (χ1n) is 3.58. The molecule has 1 aliphatic rings. The molecule has 0 fully saturated rings. The first-order chi connectivity index (χ1) is 5.99. The predicted molar refractivity (Wildman–Crippen MR) is 39.0 cm³/mol. The van der Waals surface area contributed by atoms with Crippen LogP contribution in [0.25, 0.3) is 0 Å². The van der Waals surface area contributed by atoms with Crippen molar-refractivity contribution in [2.75, 3.05) is 0 Å². The van der Waals surface area contributed by atoms with E-state index >= 15 is 0 Å². The zero-order valence-electron chi connectivity index (χ0n) is 6.67. The van der Waals surface area contributed by atoms with Crippen LogP contribution in [0, 0.1) is 6.92 Å². The highest BCUT2D eigenvalue weighted by Crippen LogP contribution is 2.48. The third-order valence-electron chi connectivity index (χ3n) is 1.73. The standard InChI is InChI=1S/C8H6F2O3/c1-4-2-3-5(11)7-6(4)12-8(9,10)13-7/h2-3,11H,1H3. The van der Waals surface area contributed by atoms with Gasteiger partial charge in [0.1, 0.15) is 0 Å². The molecule has 1 heterocycles. The molecule has 2 rings (SSSR count). The Morgan fingerprint density at radius 3 is 2.46 bits per heavy atom. The summed E-state index contributed by atoms with van der Waals surface area (Å²) >= 11 is 0. The maximum absolute atomic E-state index is 12.5. The molecular formula is C8H6F2O3. The molecule has 0 aromatic heterocycles. The summed E-state index contributed by atoms with van der Waals surface area (Å²) in [6.45, 7) is 1.59. The topological polar surface area (TPSA) is 38.7 Å². The third kappa shape index (κ3) is 1.16. The van der Waals surface area contributed by atoms with Gasteiger partial charge in [0, 0.05) is 0 Å². The van der Waals surface area contributed by atoms with Gasteiger partial charge in [0.25, 0.3) is 0 Å². The molecule has 3 nitrogen and oxygen atoms in total. The van der Waals surface area contributed by atoms with E-state index in [-0.39, 0.29) is 17.2 Å². The zero-order chi connectivity index (χ0) is 9.64. The fourth-order valence-electron chi connectivity index (χ4n) is 1.13. The van der Waals surface area contributed by atoms with Crippen molar-refractivity contribution < 1.29 is 23.4 Å². The molecule has 0 saturated heterocycles. The smallest absolute Gasteiger partial charge is 0.504 e. The summed E-state index contributed by atoms with van der Waals surface area (Å²) < 4.78 is 33.4. The van der Waals surface area contributed by atoms with Gasteiger partial charge < -0.3 is 14.6 Å². The van der Waals surface area contributed by atoms with Crippen LogP contribution in [-0.4, -0.2) is 11.4 Å². The van der Waals surface area contributed by atoms with E-state index in [1.807, 2.05) is 0 Å². The molecule has 0 atom stereocenters. The van der Waals surface area contributed by atoms with Crippen molar-refractivity contribution in [1.29, 1.82) is 0 Å². The Morgan fingerprint density at radius 2 is 1.85 bits per heavy atom. The molecule has 1 aromatic carbocycles. The molecule has 1 aliphatic heterocycles. The number of halogens is 2. The molecule has 0 saturated carbocycles. The van der Waals surface area contributed by atoms with Gasteiger partial charge in [-0.25, -0.2) is 0 Å². The minimum absolute atomic E-state index is 0.106. The first kappa shape index (κ1) is 8.10. The molecule has 0 unspecified atom stereocenters. The van der Waals surface area contributed by atoms with E-state index < -0.39 is 6.29 Å². The van der Waals surface area contributed by atoms with E-state index in [4.69, 9.17) is 5.11 Å². The first-order valence-corrected chi connectivity index (χ1v) is 3.58. The van der Waals surface area contributed by atoms with Crippen molar-refractivity contribution in [2.45, 2.75) is 13.2 Å². The van der Waals surface area contributed by atoms with Gasteiger partial charge in [0.05, 0.1) is 0 Å². The minimum Gasteiger partial charge on any atom is -0.504 e. The molecule has 13 heavy (non-hydrogen) atoms. The lowest BCUT2D eigenvalue weighted by Crippen LogP contribution is -2.26. The highest BCUT2D eigenvalue weighted by molar-refractivity contribution is 5.56. The third-order valence-corrected chi connectivity index (χ3v) is 1.73.